The van der Waals surface area contributed by atoms with Gasteiger partial charge in [0.05, 0.1) is 28.8 Å². The first-order valence-electron chi connectivity index (χ1n) is 12.0. The van der Waals surface area contributed by atoms with E-state index in [0.717, 1.165) is 17.7 Å². The van der Waals surface area contributed by atoms with Crippen LogP contribution < -0.4 is 15.4 Å². The minimum atomic E-state index is -3.93. The smallest absolute Gasteiger partial charge is 0.237 e. The maximum atomic E-state index is 14.9. The van der Waals surface area contributed by atoms with Crippen LogP contribution in [0.3, 0.4) is 0 Å². The molecule has 1 fully saturated rings. The molecule has 3 N–H and O–H groups in total. The van der Waals surface area contributed by atoms with Crippen LogP contribution in [0.25, 0.3) is 22.3 Å². The molecule has 0 radical (unpaired) electrons. The predicted octanol–water partition coefficient (Wildman–Crippen LogP) is 4.33. The minimum Gasteiger partial charge on any atom is -0.350 e. The van der Waals surface area contributed by atoms with Crippen LogP contribution in [-0.2, 0) is 15.8 Å². The quantitative estimate of drug-likeness (QED) is 0.319. The molecule has 0 bridgehead atoms. The van der Waals surface area contributed by atoms with Gasteiger partial charge in [0.25, 0.3) is 0 Å². The summed E-state index contributed by atoms with van der Waals surface area (Å²) in [6.07, 6.45) is 0.997. The van der Waals surface area contributed by atoms with Gasteiger partial charge in [-0.15, -0.1) is 0 Å². The summed E-state index contributed by atoms with van der Waals surface area (Å²) in [6.45, 7) is 2.80. The Bertz CT molecular complexity index is 1580. The molecule has 2 atom stereocenters. The summed E-state index contributed by atoms with van der Waals surface area (Å²) in [7, 11) is -3.93. The van der Waals surface area contributed by atoms with Gasteiger partial charge in [0.2, 0.25) is 16.0 Å². The van der Waals surface area contributed by atoms with E-state index in [-0.39, 0.29) is 11.7 Å². The van der Waals surface area contributed by atoms with Crippen LogP contribution in [0.15, 0.2) is 54.7 Å². The zero-order valence-corrected chi connectivity index (χ0v) is 21.2. The molecule has 0 saturated carbocycles. The molecule has 198 valence electrons. The van der Waals surface area contributed by atoms with Crippen molar-refractivity contribution in [2.24, 2.45) is 0 Å². The van der Waals surface area contributed by atoms with E-state index in [0.29, 0.717) is 53.3 Å². The second-order valence-electron chi connectivity index (χ2n) is 9.27. The molecule has 12 heteroatoms. The zero-order valence-electron chi connectivity index (χ0n) is 20.4. The first kappa shape index (κ1) is 25.9. The highest BCUT2D eigenvalue weighted by atomic mass is 32.2. The highest BCUT2D eigenvalue weighted by Crippen LogP contribution is 2.27. The largest absolute Gasteiger partial charge is 0.350 e. The van der Waals surface area contributed by atoms with Gasteiger partial charge in [0.1, 0.15) is 23.3 Å². The number of nitrogens with zero attached hydrogens (tertiary/aromatic N) is 3. The minimum absolute atomic E-state index is 0.127. The van der Waals surface area contributed by atoms with Gasteiger partial charge < -0.3 is 10.6 Å². The second kappa shape index (κ2) is 10.5. The van der Waals surface area contributed by atoms with Crippen molar-refractivity contribution in [2.45, 2.75) is 31.3 Å². The molecule has 8 nitrogen and oxygen atoms in total. The lowest BCUT2D eigenvalue weighted by Crippen LogP contribution is -2.44. The van der Waals surface area contributed by atoms with Crippen LogP contribution in [0.2, 0.25) is 0 Å². The van der Waals surface area contributed by atoms with Crippen molar-refractivity contribution >= 4 is 32.7 Å². The number of rotatable bonds is 7. The number of sulfonamides is 1. The van der Waals surface area contributed by atoms with E-state index in [1.54, 1.807) is 18.3 Å². The maximum absolute atomic E-state index is 14.9. The third kappa shape index (κ3) is 6.03. The fourth-order valence-corrected chi connectivity index (χ4v) is 5.55. The van der Waals surface area contributed by atoms with Crippen molar-refractivity contribution in [3.8, 4) is 11.3 Å². The van der Waals surface area contributed by atoms with E-state index in [9.17, 15) is 21.6 Å². The van der Waals surface area contributed by atoms with Gasteiger partial charge in [0.15, 0.2) is 0 Å². The van der Waals surface area contributed by atoms with Crippen LogP contribution in [-0.4, -0.2) is 48.7 Å². The summed E-state index contributed by atoms with van der Waals surface area (Å²) in [5.74, 6) is -1.30. The first-order valence-corrected chi connectivity index (χ1v) is 13.6. The first-order chi connectivity index (χ1) is 18.1. The Morgan fingerprint density at radius 3 is 2.58 bits per heavy atom. The molecule has 1 aliphatic rings. The van der Waals surface area contributed by atoms with Crippen molar-refractivity contribution < 1.29 is 21.6 Å². The summed E-state index contributed by atoms with van der Waals surface area (Å²) < 4.78 is 68.9. The fraction of sp³-hybridized carbons (Fsp3) is 0.269. The molecule has 1 aliphatic heterocycles. The zero-order chi connectivity index (χ0) is 26.9. The summed E-state index contributed by atoms with van der Waals surface area (Å²) >= 11 is 0. The van der Waals surface area contributed by atoms with Gasteiger partial charge in [-0.05, 0) is 48.4 Å². The lowest BCUT2D eigenvalue weighted by Gasteiger charge is -2.26. The Morgan fingerprint density at radius 1 is 1.05 bits per heavy atom. The molecular formula is C26H25F3N6O2S. The Balaban J connectivity index is 1.34. The van der Waals surface area contributed by atoms with Crippen molar-refractivity contribution in [1.29, 1.82) is 0 Å². The molecule has 3 heterocycles. The van der Waals surface area contributed by atoms with Crippen molar-refractivity contribution in [3.63, 3.8) is 0 Å². The second-order valence-corrected chi connectivity index (χ2v) is 11.0. The number of alkyl halides is 1. The molecular weight excluding hydrogens is 517 g/mol. The monoisotopic (exact) mass is 542 g/mol. The average Bonchev–Trinajstić information content (AvgIpc) is 2.87. The predicted molar refractivity (Wildman–Crippen MR) is 140 cm³/mol. The normalized spacial score (nSPS) is 17.9. The number of piperidine rings is 1. The molecule has 38 heavy (non-hydrogen) atoms. The molecule has 0 aliphatic carbocycles. The van der Waals surface area contributed by atoms with Crippen molar-refractivity contribution in [1.82, 2.24) is 20.3 Å². The van der Waals surface area contributed by atoms with E-state index in [1.165, 1.54) is 24.3 Å². The Hall–Kier alpha value is -3.77. The van der Waals surface area contributed by atoms with Gasteiger partial charge in [-0.3, -0.25) is 4.72 Å². The lowest BCUT2D eigenvalue weighted by atomic mass is 10.1. The molecule has 0 amide bonds. The van der Waals surface area contributed by atoms with E-state index in [2.05, 4.69) is 30.3 Å². The number of nitrogens with one attached hydrogen (secondary N) is 3. The van der Waals surface area contributed by atoms with E-state index >= 15 is 0 Å². The topological polar surface area (TPSA) is 109 Å². The Morgan fingerprint density at radius 2 is 1.84 bits per heavy atom. The third-order valence-corrected chi connectivity index (χ3v) is 7.41. The van der Waals surface area contributed by atoms with Gasteiger partial charge in [-0.25, -0.2) is 36.5 Å². The number of benzene rings is 2. The van der Waals surface area contributed by atoms with E-state index < -0.39 is 33.6 Å². The number of aromatic nitrogens is 3. The highest BCUT2D eigenvalue weighted by Gasteiger charge is 2.22. The van der Waals surface area contributed by atoms with Crippen LogP contribution in [0.4, 0.5) is 24.8 Å². The van der Waals surface area contributed by atoms with Crippen LogP contribution in [0.1, 0.15) is 17.5 Å². The average molecular weight is 543 g/mol. The summed E-state index contributed by atoms with van der Waals surface area (Å²) in [4.78, 5) is 13.4. The lowest BCUT2D eigenvalue weighted by molar-refractivity contribution is 0.254. The van der Waals surface area contributed by atoms with Gasteiger partial charge in [0, 0.05) is 31.1 Å². The molecule has 0 unspecified atom stereocenters. The molecule has 2 aromatic carbocycles. The van der Waals surface area contributed by atoms with Gasteiger partial charge in [-0.2, -0.15) is 0 Å². The Labute approximate surface area is 217 Å². The number of halogens is 3. The molecule has 0 spiro atoms. The number of pyridine rings is 1. The number of anilines is 2. The number of hydrogen-bond acceptors (Lipinski definition) is 7. The summed E-state index contributed by atoms with van der Waals surface area (Å²) in [5.41, 5.74) is 2.96. The SMILES string of the molecule is Cc1cc(-c2ccc(NS(=O)(=O)Cc3ccc(F)cc3)c(F)c2)nc2cnc(N[C@@H]3CNC[C@@H](F)C3)nc12. The molecule has 5 rings (SSSR count). The van der Waals surface area contributed by atoms with Crippen molar-refractivity contribution in [3.05, 3.63) is 77.5 Å². The third-order valence-electron chi connectivity index (χ3n) is 6.17. The van der Waals surface area contributed by atoms with Crippen LogP contribution >= 0.6 is 0 Å². The summed E-state index contributed by atoms with van der Waals surface area (Å²) in [5, 5.41) is 6.18. The highest BCUT2D eigenvalue weighted by molar-refractivity contribution is 7.91. The maximum Gasteiger partial charge on any atom is 0.237 e. The number of hydrogen-bond donors (Lipinski definition) is 3. The molecule has 1 saturated heterocycles. The Kier molecular flexibility index (Phi) is 7.17. The van der Waals surface area contributed by atoms with E-state index in [4.69, 9.17) is 0 Å². The fourth-order valence-electron chi connectivity index (χ4n) is 4.34. The van der Waals surface area contributed by atoms with E-state index in [1.807, 2.05) is 6.92 Å². The number of fused-ring (bicyclic) bond motifs is 1. The summed E-state index contributed by atoms with van der Waals surface area (Å²) in [6, 6.07) is 10.8. The standard InChI is InChI=1S/C26H25F3N6O2S/c1-15-8-23(33-24-13-31-26(34-25(15)24)32-20-10-19(28)11-30-12-20)17-4-7-22(21(29)9-17)35-38(36,37)14-16-2-5-18(27)6-3-16/h2-9,13,19-20,30,35H,10-12,14H2,1H3,(H,31,32,34)/t19-,20-/m0/s1. The van der Waals surface area contributed by atoms with Crippen LogP contribution in [0, 0.1) is 18.6 Å². The molecule has 2 aromatic heterocycles. The van der Waals surface area contributed by atoms with Crippen molar-refractivity contribution in [2.75, 3.05) is 23.1 Å². The van der Waals surface area contributed by atoms with Crippen LogP contribution in [0.5, 0.6) is 0 Å². The van der Waals surface area contributed by atoms with Gasteiger partial charge in [-0.1, -0.05) is 18.2 Å². The number of aryl methyl sites for hydroxylation is 1. The van der Waals surface area contributed by atoms with Gasteiger partial charge >= 0.3 is 0 Å². The molecule has 4 aromatic rings.